The van der Waals surface area contributed by atoms with Gasteiger partial charge in [-0.3, -0.25) is 4.79 Å². The van der Waals surface area contributed by atoms with Crippen LogP contribution in [0.15, 0.2) is 24.3 Å². The Morgan fingerprint density at radius 1 is 1.29 bits per heavy atom. The van der Waals surface area contributed by atoms with Crippen molar-refractivity contribution in [2.75, 3.05) is 20.6 Å². The lowest BCUT2D eigenvalue weighted by Gasteiger charge is -2.43. The molecule has 1 amide bonds. The van der Waals surface area contributed by atoms with Gasteiger partial charge in [-0.25, -0.2) is 0 Å². The molecule has 3 N–H and O–H groups in total. The van der Waals surface area contributed by atoms with Gasteiger partial charge in [-0.05, 0) is 44.6 Å². The number of nitrogens with one attached hydrogen (secondary N) is 1. The van der Waals surface area contributed by atoms with Crippen LogP contribution in [0.2, 0.25) is 0 Å². The summed E-state index contributed by atoms with van der Waals surface area (Å²) in [6.07, 6.45) is 6.51. The number of nitrogens with two attached hydrogens (primary N) is 1. The lowest BCUT2D eigenvalue weighted by molar-refractivity contribution is 0.0983. The Balaban J connectivity index is 1.93. The molecule has 4 nitrogen and oxygen atoms in total. The predicted octanol–water partition coefficient (Wildman–Crippen LogP) is 2.14. The highest BCUT2D eigenvalue weighted by molar-refractivity contribution is 5.92. The number of nitrogens with zero attached hydrogens (tertiary/aromatic N) is 1. The van der Waals surface area contributed by atoms with E-state index in [4.69, 9.17) is 5.73 Å². The standard InChI is InChI=1S/C17H27N3O/c1-20(2)17(9-4-3-5-10-17)13-19-12-14-7-6-8-15(11-14)16(18)21/h6-8,11,19H,3-5,9-10,12-13H2,1-2H3,(H2,18,21). The van der Waals surface area contributed by atoms with Gasteiger partial charge in [0, 0.05) is 24.2 Å². The van der Waals surface area contributed by atoms with Crippen LogP contribution in [0.4, 0.5) is 0 Å². The maximum absolute atomic E-state index is 11.2. The first-order chi connectivity index (χ1) is 10.0. The fourth-order valence-corrected chi connectivity index (χ4v) is 3.27. The maximum Gasteiger partial charge on any atom is 0.248 e. The summed E-state index contributed by atoms with van der Waals surface area (Å²) < 4.78 is 0. The van der Waals surface area contributed by atoms with Gasteiger partial charge < -0.3 is 16.0 Å². The SMILES string of the molecule is CN(C)C1(CNCc2cccc(C(N)=O)c2)CCCCC1. The zero-order valence-electron chi connectivity index (χ0n) is 13.2. The van der Waals surface area contributed by atoms with Gasteiger partial charge in [0.1, 0.15) is 0 Å². The molecule has 0 heterocycles. The van der Waals surface area contributed by atoms with E-state index in [9.17, 15) is 4.79 Å². The Hall–Kier alpha value is -1.39. The van der Waals surface area contributed by atoms with Crippen molar-refractivity contribution in [1.82, 2.24) is 10.2 Å². The van der Waals surface area contributed by atoms with Crippen LogP contribution in [0.1, 0.15) is 48.0 Å². The van der Waals surface area contributed by atoms with Crippen LogP contribution in [0.3, 0.4) is 0 Å². The zero-order valence-corrected chi connectivity index (χ0v) is 13.2. The molecule has 1 fully saturated rings. The van der Waals surface area contributed by atoms with E-state index in [0.29, 0.717) is 5.56 Å². The predicted molar refractivity (Wildman–Crippen MR) is 86.2 cm³/mol. The molecular weight excluding hydrogens is 262 g/mol. The smallest absolute Gasteiger partial charge is 0.248 e. The Labute approximate surface area is 127 Å². The van der Waals surface area contributed by atoms with Crippen molar-refractivity contribution in [1.29, 1.82) is 0 Å². The quantitative estimate of drug-likeness (QED) is 0.843. The first-order valence-corrected chi connectivity index (χ1v) is 7.80. The number of carbonyl (C=O) groups is 1. The maximum atomic E-state index is 11.2. The molecule has 1 aliphatic rings. The number of rotatable bonds is 6. The molecule has 4 heteroatoms. The monoisotopic (exact) mass is 289 g/mol. The van der Waals surface area contributed by atoms with Crippen LogP contribution >= 0.6 is 0 Å². The van der Waals surface area contributed by atoms with Crippen LogP contribution in [-0.2, 0) is 6.54 Å². The minimum absolute atomic E-state index is 0.277. The summed E-state index contributed by atoms with van der Waals surface area (Å²) in [4.78, 5) is 13.6. The summed E-state index contributed by atoms with van der Waals surface area (Å²) in [5.41, 5.74) is 7.29. The highest BCUT2D eigenvalue weighted by Gasteiger charge is 2.33. The first kappa shape index (κ1) is 16.0. The highest BCUT2D eigenvalue weighted by Crippen LogP contribution is 2.31. The Morgan fingerprint density at radius 2 is 2.00 bits per heavy atom. The Kier molecular flexibility index (Phi) is 5.37. The molecule has 116 valence electrons. The minimum Gasteiger partial charge on any atom is -0.366 e. The van der Waals surface area contributed by atoms with Gasteiger partial charge in [0.25, 0.3) is 0 Å². The van der Waals surface area contributed by atoms with Crippen molar-refractivity contribution in [3.05, 3.63) is 35.4 Å². The molecule has 1 saturated carbocycles. The lowest BCUT2D eigenvalue weighted by Crippen LogP contribution is -2.52. The van der Waals surface area contributed by atoms with Crippen LogP contribution in [0, 0.1) is 0 Å². The van der Waals surface area contributed by atoms with E-state index in [0.717, 1.165) is 18.7 Å². The highest BCUT2D eigenvalue weighted by atomic mass is 16.1. The molecule has 1 aromatic rings. The number of carbonyl (C=O) groups excluding carboxylic acids is 1. The van der Waals surface area contributed by atoms with Gasteiger partial charge in [-0.2, -0.15) is 0 Å². The van der Waals surface area contributed by atoms with Crippen molar-refractivity contribution in [3.8, 4) is 0 Å². The summed E-state index contributed by atoms with van der Waals surface area (Å²) >= 11 is 0. The van der Waals surface area contributed by atoms with Crippen molar-refractivity contribution < 1.29 is 4.79 Å². The van der Waals surface area contributed by atoms with Gasteiger partial charge in [0.2, 0.25) is 5.91 Å². The van der Waals surface area contributed by atoms with Gasteiger partial charge in [-0.1, -0.05) is 31.4 Å². The molecular formula is C17H27N3O. The van der Waals surface area contributed by atoms with E-state index in [1.165, 1.54) is 32.1 Å². The molecule has 21 heavy (non-hydrogen) atoms. The Morgan fingerprint density at radius 3 is 2.62 bits per heavy atom. The van der Waals surface area contributed by atoms with Crippen LogP contribution < -0.4 is 11.1 Å². The summed E-state index contributed by atoms with van der Waals surface area (Å²) in [7, 11) is 4.36. The molecule has 1 aromatic carbocycles. The zero-order chi connectivity index (χ0) is 15.3. The first-order valence-electron chi connectivity index (χ1n) is 7.80. The average Bonchev–Trinajstić information content (AvgIpc) is 2.48. The molecule has 0 bridgehead atoms. The summed E-state index contributed by atoms with van der Waals surface area (Å²) in [5, 5.41) is 3.57. The molecule has 0 spiro atoms. The lowest BCUT2D eigenvalue weighted by atomic mass is 9.80. The average molecular weight is 289 g/mol. The van der Waals surface area contributed by atoms with Crippen molar-refractivity contribution in [2.45, 2.75) is 44.2 Å². The van der Waals surface area contributed by atoms with E-state index in [1.54, 1.807) is 6.07 Å². The third-order valence-corrected chi connectivity index (χ3v) is 4.73. The largest absolute Gasteiger partial charge is 0.366 e. The van der Waals surface area contributed by atoms with Crippen molar-refractivity contribution >= 4 is 5.91 Å². The van der Waals surface area contributed by atoms with Crippen molar-refractivity contribution in [2.24, 2.45) is 5.73 Å². The fourth-order valence-electron chi connectivity index (χ4n) is 3.27. The number of hydrogen-bond donors (Lipinski definition) is 2. The molecule has 2 rings (SSSR count). The molecule has 1 aliphatic carbocycles. The molecule has 0 unspecified atom stereocenters. The molecule has 0 aromatic heterocycles. The Bertz CT molecular complexity index is 479. The van der Waals surface area contributed by atoms with Gasteiger partial charge in [-0.15, -0.1) is 0 Å². The van der Waals surface area contributed by atoms with E-state index in [1.807, 2.05) is 18.2 Å². The second-order valence-corrected chi connectivity index (χ2v) is 6.35. The summed E-state index contributed by atoms with van der Waals surface area (Å²) in [6, 6.07) is 7.55. The molecule has 0 saturated heterocycles. The minimum atomic E-state index is -0.367. The third kappa shape index (κ3) is 4.05. The second-order valence-electron chi connectivity index (χ2n) is 6.35. The van der Waals surface area contributed by atoms with Gasteiger partial charge >= 0.3 is 0 Å². The van der Waals surface area contributed by atoms with Gasteiger partial charge in [0.05, 0.1) is 0 Å². The van der Waals surface area contributed by atoms with E-state index in [-0.39, 0.29) is 11.4 Å². The number of hydrogen-bond acceptors (Lipinski definition) is 3. The molecule has 0 atom stereocenters. The van der Waals surface area contributed by atoms with Crippen LogP contribution in [-0.4, -0.2) is 37.0 Å². The van der Waals surface area contributed by atoms with Gasteiger partial charge in [0.15, 0.2) is 0 Å². The fraction of sp³-hybridized carbons (Fsp3) is 0.588. The number of likely N-dealkylation sites (N-methyl/N-ethyl adjacent to an activating group) is 1. The normalized spacial score (nSPS) is 17.9. The topological polar surface area (TPSA) is 58.4 Å². The molecule has 0 aliphatic heterocycles. The summed E-state index contributed by atoms with van der Waals surface area (Å²) in [6.45, 7) is 1.76. The third-order valence-electron chi connectivity index (χ3n) is 4.73. The van der Waals surface area contributed by atoms with E-state index < -0.39 is 0 Å². The van der Waals surface area contributed by atoms with Crippen molar-refractivity contribution in [3.63, 3.8) is 0 Å². The van der Waals surface area contributed by atoms with E-state index in [2.05, 4.69) is 24.3 Å². The number of primary amides is 1. The molecule has 0 radical (unpaired) electrons. The second kappa shape index (κ2) is 7.05. The van der Waals surface area contributed by atoms with Crippen LogP contribution in [0.25, 0.3) is 0 Å². The summed E-state index contributed by atoms with van der Waals surface area (Å²) in [5.74, 6) is -0.367. The van der Waals surface area contributed by atoms with E-state index >= 15 is 0 Å². The number of benzene rings is 1. The number of amides is 1. The van der Waals surface area contributed by atoms with Crippen LogP contribution in [0.5, 0.6) is 0 Å².